The number of ether oxygens (including phenoxy) is 3. The Morgan fingerprint density at radius 1 is 1.24 bits per heavy atom. The molecule has 0 saturated heterocycles. The monoisotopic (exact) mass is 349 g/mol. The van der Waals surface area contributed by atoms with Crippen LogP contribution in [0.25, 0.3) is 0 Å². The van der Waals surface area contributed by atoms with Crippen molar-refractivity contribution in [1.29, 1.82) is 0 Å². The summed E-state index contributed by atoms with van der Waals surface area (Å²) in [6.07, 6.45) is 0. The molecule has 0 fully saturated rings. The van der Waals surface area contributed by atoms with E-state index < -0.39 is 0 Å². The first-order valence-electron chi connectivity index (χ1n) is 7.84. The lowest BCUT2D eigenvalue weighted by atomic mass is 10.1. The molecule has 0 radical (unpaired) electrons. The third-order valence-corrected chi connectivity index (χ3v) is 3.45. The molecule has 1 heterocycles. The molecule has 8 heteroatoms. The van der Waals surface area contributed by atoms with E-state index >= 15 is 0 Å². The Hall–Kier alpha value is -2.74. The van der Waals surface area contributed by atoms with Crippen LogP contribution in [0.15, 0.2) is 28.8 Å². The van der Waals surface area contributed by atoms with E-state index in [0.717, 1.165) is 5.56 Å². The van der Waals surface area contributed by atoms with Gasteiger partial charge in [-0.1, -0.05) is 11.2 Å². The molecule has 8 nitrogen and oxygen atoms in total. The summed E-state index contributed by atoms with van der Waals surface area (Å²) in [5.74, 6) is 2.20. The Bertz CT molecular complexity index is 701. The zero-order valence-corrected chi connectivity index (χ0v) is 14.8. The summed E-state index contributed by atoms with van der Waals surface area (Å²) in [5.41, 5.74) is 0.877. The number of carbonyl (C=O) groups excluding carboxylic acids is 1. The number of nitrogens with zero attached hydrogens (tertiary/aromatic N) is 1. The SMILES string of the molecule is COCCOc1ccc([C@@H](C)NC(=O)Nc2cc(C)on2)cc1OC. The topological polar surface area (TPSA) is 94.9 Å². The Morgan fingerprint density at radius 3 is 2.68 bits per heavy atom. The smallest absolute Gasteiger partial charge is 0.320 e. The molecule has 0 aliphatic carbocycles. The number of nitrogens with one attached hydrogen (secondary N) is 2. The Labute approximate surface area is 146 Å². The van der Waals surface area contributed by atoms with Crippen LogP contribution in [-0.4, -0.2) is 38.6 Å². The van der Waals surface area contributed by atoms with Gasteiger partial charge in [0.05, 0.1) is 19.8 Å². The van der Waals surface area contributed by atoms with Gasteiger partial charge in [-0.3, -0.25) is 5.32 Å². The molecule has 0 saturated carbocycles. The number of anilines is 1. The number of hydrogen-bond acceptors (Lipinski definition) is 6. The fourth-order valence-electron chi connectivity index (χ4n) is 2.17. The standard InChI is InChI=1S/C17H23N3O5/c1-11-9-16(20-25-11)19-17(21)18-12(2)13-5-6-14(15(10-13)23-4)24-8-7-22-3/h5-6,9-10,12H,7-8H2,1-4H3,(H2,18,19,20,21)/t12-/m1/s1. The van der Waals surface area contributed by atoms with Crippen LogP contribution in [0.4, 0.5) is 10.6 Å². The summed E-state index contributed by atoms with van der Waals surface area (Å²) < 4.78 is 20.8. The summed E-state index contributed by atoms with van der Waals surface area (Å²) in [6, 6.07) is 6.53. The number of methoxy groups -OCH3 is 2. The van der Waals surface area contributed by atoms with Crippen molar-refractivity contribution in [3.05, 3.63) is 35.6 Å². The Morgan fingerprint density at radius 2 is 2.04 bits per heavy atom. The van der Waals surface area contributed by atoms with Gasteiger partial charge in [0.1, 0.15) is 12.4 Å². The van der Waals surface area contributed by atoms with Crippen molar-refractivity contribution in [2.45, 2.75) is 19.9 Å². The van der Waals surface area contributed by atoms with Crippen molar-refractivity contribution in [3.63, 3.8) is 0 Å². The largest absolute Gasteiger partial charge is 0.493 e. The number of rotatable bonds is 8. The highest BCUT2D eigenvalue weighted by Crippen LogP contribution is 2.30. The number of hydrogen-bond donors (Lipinski definition) is 2. The third kappa shape index (κ3) is 5.39. The number of aromatic nitrogens is 1. The molecule has 136 valence electrons. The molecule has 2 amide bonds. The van der Waals surface area contributed by atoms with Crippen molar-refractivity contribution in [1.82, 2.24) is 10.5 Å². The first-order chi connectivity index (χ1) is 12.0. The predicted molar refractivity (Wildman–Crippen MR) is 92.2 cm³/mol. The molecule has 0 aliphatic heterocycles. The summed E-state index contributed by atoms with van der Waals surface area (Å²) in [5, 5.41) is 9.16. The molecule has 2 N–H and O–H groups in total. The molecule has 2 aromatic rings. The second kappa shape index (κ2) is 8.93. The highest BCUT2D eigenvalue weighted by Gasteiger charge is 2.14. The van der Waals surface area contributed by atoms with Gasteiger partial charge in [0.15, 0.2) is 17.3 Å². The van der Waals surface area contributed by atoms with Crippen LogP contribution in [-0.2, 0) is 4.74 Å². The molecule has 25 heavy (non-hydrogen) atoms. The normalized spacial score (nSPS) is 11.7. The van der Waals surface area contributed by atoms with Crippen molar-refractivity contribution < 1.29 is 23.5 Å². The molecule has 0 bridgehead atoms. The van der Waals surface area contributed by atoms with Crippen LogP contribution < -0.4 is 20.1 Å². The average Bonchev–Trinajstić information content (AvgIpc) is 2.99. The van der Waals surface area contributed by atoms with Gasteiger partial charge < -0.3 is 24.1 Å². The summed E-state index contributed by atoms with van der Waals surface area (Å²) in [6.45, 7) is 4.54. The zero-order valence-electron chi connectivity index (χ0n) is 14.8. The van der Waals surface area contributed by atoms with Gasteiger partial charge in [-0.25, -0.2) is 4.79 Å². The lowest BCUT2D eigenvalue weighted by Gasteiger charge is -2.17. The molecule has 1 aromatic heterocycles. The maximum absolute atomic E-state index is 12.0. The van der Waals surface area contributed by atoms with E-state index in [-0.39, 0.29) is 12.1 Å². The minimum atomic E-state index is -0.375. The number of benzene rings is 1. The van der Waals surface area contributed by atoms with E-state index in [0.29, 0.717) is 36.3 Å². The fraction of sp³-hybridized carbons (Fsp3) is 0.412. The number of urea groups is 1. The molecule has 0 unspecified atom stereocenters. The highest BCUT2D eigenvalue weighted by atomic mass is 16.5. The van der Waals surface area contributed by atoms with E-state index in [1.807, 2.05) is 19.1 Å². The molecule has 1 atom stereocenters. The molecule has 2 rings (SSSR count). The second-order valence-electron chi connectivity index (χ2n) is 5.39. The molecule has 1 aromatic carbocycles. The number of aryl methyl sites for hydroxylation is 1. The molecular weight excluding hydrogens is 326 g/mol. The van der Waals surface area contributed by atoms with Gasteiger partial charge in [0, 0.05) is 13.2 Å². The molecule has 0 aliphatic rings. The van der Waals surface area contributed by atoms with Gasteiger partial charge in [0.25, 0.3) is 0 Å². The van der Waals surface area contributed by atoms with Crippen LogP contribution in [0.2, 0.25) is 0 Å². The maximum Gasteiger partial charge on any atom is 0.320 e. The third-order valence-electron chi connectivity index (χ3n) is 3.45. The minimum Gasteiger partial charge on any atom is -0.493 e. The van der Waals surface area contributed by atoms with Crippen molar-refractivity contribution >= 4 is 11.8 Å². The van der Waals surface area contributed by atoms with E-state index in [1.54, 1.807) is 33.3 Å². The van der Waals surface area contributed by atoms with Crippen molar-refractivity contribution in [3.8, 4) is 11.5 Å². The van der Waals surface area contributed by atoms with Crippen molar-refractivity contribution in [2.75, 3.05) is 32.8 Å². The van der Waals surface area contributed by atoms with Gasteiger partial charge in [-0.2, -0.15) is 0 Å². The summed E-state index contributed by atoms with van der Waals surface area (Å²) in [7, 11) is 3.18. The first-order valence-corrected chi connectivity index (χ1v) is 7.84. The summed E-state index contributed by atoms with van der Waals surface area (Å²) >= 11 is 0. The zero-order chi connectivity index (χ0) is 18.2. The van der Waals surface area contributed by atoms with Crippen LogP contribution in [0, 0.1) is 6.92 Å². The van der Waals surface area contributed by atoms with Crippen LogP contribution >= 0.6 is 0 Å². The quantitative estimate of drug-likeness (QED) is 0.712. The Kier molecular flexibility index (Phi) is 6.64. The van der Waals surface area contributed by atoms with Crippen LogP contribution in [0.5, 0.6) is 11.5 Å². The lowest BCUT2D eigenvalue weighted by molar-refractivity contribution is 0.144. The maximum atomic E-state index is 12.0. The van der Waals surface area contributed by atoms with Crippen molar-refractivity contribution in [2.24, 2.45) is 0 Å². The second-order valence-corrected chi connectivity index (χ2v) is 5.39. The van der Waals surface area contributed by atoms with Gasteiger partial charge >= 0.3 is 6.03 Å². The number of amides is 2. The van der Waals surface area contributed by atoms with Gasteiger partial charge in [-0.15, -0.1) is 0 Å². The average molecular weight is 349 g/mol. The first kappa shape index (κ1) is 18.6. The van der Waals surface area contributed by atoms with Crippen LogP contribution in [0.3, 0.4) is 0 Å². The van der Waals surface area contributed by atoms with Gasteiger partial charge in [-0.05, 0) is 31.5 Å². The van der Waals surface area contributed by atoms with Gasteiger partial charge in [0.2, 0.25) is 0 Å². The lowest BCUT2D eigenvalue weighted by Crippen LogP contribution is -2.31. The van der Waals surface area contributed by atoms with E-state index in [1.165, 1.54) is 0 Å². The van der Waals surface area contributed by atoms with E-state index in [4.69, 9.17) is 18.7 Å². The van der Waals surface area contributed by atoms with Crippen LogP contribution in [0.1, 0.15) is 24.3 Å². The fourth-order valence-corrected chi connectivity index (χ4v) is 2.17. The molecular formula is C17H23N3O5. The van der Waals surface area contributed by atoms with E-state index in [9.17, 15) is 4.79 Å². The molecule has 0 spiro atoms. The minimum absolute atomic E-state index is 0.241. The predicted octanol–water partition coefficient (Wildman–Crippen LogP) is 2.90. The number of carbonyl (C=O) groups is 1. The van der Waals surface area contributed by atoms with E-state index in [2.05, 4.69) is 15.8 Å². The highest BCUT2D eigenvalue weighted by molar-refractivity contribution is 5.88. The Balaban J connectivity index is 1.98. The summed E-state index contributed by atoms with van der Waals surface area (Å²) in [4.78, 5) is 12.0.